The summed E-state index contributed by atoms with van der Waals surface area (Å²) < 4.78 is 5.24. The number of methoxy groups -OCH3 is 1. The van der Waals surface area contributed by atoms with Crippen LogP contribution in [0.4, 0.5) is 4.79 Å². The second kappa shape index (κ2) is 8.14. The number of para-hydroxylation sites is 1. The van der Waals surface area contributed by atoms with E-state index in [-0.39, 0.29) is 18.6 Å². The number of nitrogens with one attached hydrogen (secondary N) is 1. The minimum atomic E-state index is -1.02. The molecule has 0 saturated heterocycles. The standard InChI is InChI=1S/C15H22N2O4/c1-11(2)17(10-14(18)19)15(20)16-9-8-12-6-4-5-7-13(12)21-3/h4-7,11H,8-10H2,1-3H3,(H,16,20)(H,18,19). The summed E-state index contributed by atoms with van der Waals surface area (Å²) in [5.74, 6) is -0.249. The highest BCUT2D eigenvalue weighted by molar-refractivity contribution is 5.80. The van der Waals surface area contributed by atoms with E-state index < -0.39 is 5.97 Å². The first kappa shape index (κ1) is 16.8. The van der Waals surface area contributed by atoms with Crippen LogP contribution >= 0.6 is 0 Å². The normalized spacial score (nSPS) is 10.3. The van der Waals surface area contributed by atoms with Gasteiger partial charge >= 0.3 is 12.0 Å². The van der Waals surface area contributed by atoms with Gasteiger partial charge in [0.25, 0.3) is 0 Å². The quantitative estimate of drug-likeness (QED) is 0.803. The van der Waals surface area contributed by atoms with Gasteiger partial charge in [-0.3, -0.25) is 4.79 Å². The Morgan fingerprint density at radius 1 is 1.33 bits per heavy atom. The summed E-state index contributed by atoms with van der Waals surface area (Å²) in [6, 6.07) is 7.04. The number of aliphatic carboxylic acids is 1. The van der Waals surface area contributed by atoms with Gasteiger partial charge in [0.2, 0.25) is 0 Å². The van der Waals surface area contributed by atoms with E-state index >= 15 is 0 Å². The Bertz CT molecular complexity index is 488. The number of benzene rings is 1. The third-order valence-corrected chi connectivity index (χ3v) is 3.05. The first-order valence-electron chi connectivity index (χ1n) is 6.83. The number of carboxylic acid groups (broad SMARTS) is 1. The van der Waals surface area contributed by atoms with Gasteiger partial charge in [-0.15, -0.1) is 0 Å². The minimum Gasteiger partial charge on any atom is -0.496 e. The second-order valence-electron chi connectivity index (χ2n) is 4.91. The zero-order valence-corrected chi connectivity index (χ0v) is 12.6. The molecule has 0 spiro atoms. The molecule has 1 aromatic carbocycles. The van der Waals surface area contributed by atoms with E-state index in [0.29, 0.717) is 13.0 Å². The van der Waals surface area contributed by atoms with Crippen molar-refractivity contribution in [3.8, 4) is 5.75 Å². The molecule has 0 saturated carbocycles. The van der Waals surface area contributed by atoms with Gasteiger partial charge in [-0.05, 0) is 31.9 Å². The maximum atomic E-state index is 12.0. The SMILES string of the molecule is COc1ccccc1CCNC(=O)N(CC(=O)O)C(C)C. The van der Waals surface area contributed by atoms with Gasteiger partial charge in [0.1, 0.15) is 12.3 Å². The molecule has 0 fully saturated rings. The van der Waals surface area contributed by atoms with Gasteiger partial charge in [-0.25, -0.2) is 4.79 Å². The van der Waals surface area contributed by atoms with Crippen LogP contribution in [-0.4, -0.2) is 48.2 Å². The lowest BCUT2D eigenvalue weighted by molar-refractivity contribution is -0.138. The van der Waals surface area contributed by atoms with Crippen LogP contribution in [-0.2, 0) is 11.2 Å². The fourth-order valence-corrected chi connectivity index (χ4v) is 1.95. The number of urea groups is 1. The molecule has 0 bridgehead atoms. The minimum absolute atomic E-state index is 0.174. The van der Waals surface area contributed by atoms with E-state index in [1.165, 1.54) is 4.90 Å². The molecule has 6 heteroatoms. The molecule has 6 nitrogen and oxygen atoms in total. The van der Waals surface area contributed by atoms with Gasteiger partial charge in [0.05, 0.1) is 7.11 Å². The second-order valence-corrected chi connectivity index (χ2v) is 4.91. The molecule has 0 unspecified atom stereocenters. The molecule has 0 aliphatic carbocycles. The van der Waals surface area contributed by atoms with E-state index in [1.54, 1.807) is 21.0 Å². The zero-order valence-electron chi connectivity index (χ0n) is 12.6. The average Bonchev–Trinajstić information content (AvgIpc) is 2.44. The summed E-state index contributed by atoms with van der Waals surface area (Å²) in [5.41, 5.74) is 0.995. The smallest absolute Gasteiger partial charge is 0.323 e. The Labute approximate surface area is 124 Å². The number of hydrogen-bond donors (Lipinski definition) is 2. The molecule has 0 aromatic heterocycles. The molecule has 0 heterocycles. The molecule has 0 radical (unpaired) electrons. The Morgan fingerprint density at radius 2 is 2.00 bits per heavy atom. The fourth-order valence-electron chi connectivity index (χ4n) is 1.95. The van der Waals surface area contributed by atoms with Crippen molar-refractivity contribution in [2.75, 3.05) is 20.2 Å². The molecule has 2 amide bonds. The highest BCUT2D eigenvalue weighted by Crippen LogP contribution is 2.17. The summed E-state index contributed by atoms with van der Waals surface area (Å²) in [5, 5.41) is 11.6. The van der Waals surface area contributed by atoms with Crippen molar-refractivity contribution in [1.82, 2.24) is 10.2 Å². The van der Waals surface area contributed by atoms with E-state index in [9.17, 15) is 9.59 Å². The van der Waals surface area contributed by atoms with Gasteiger partial charge in [-0.1, -0.05) is 18.2 Å². The number of nitrogens with zero attached hydrogens (tertiary/aromatic N) is 1. The number of carbonyl (C=O) groups excluding carboxylic acids is 1. The van der Waals surface area contributed by atoms with E-state index in [0.717, 1.165) is 11.3 Å². The topological polar surface area (TPSA) is 78.9 Å². The van der Waals surface area contributed by atoms with Crippen LogP contribution < -0.4 is 10.1 Å². The number of carbonyl (C=O) groups is 2. The van der Waals surface area contributed by atoms with Crippen molar-refractivity contribution >= 4 is 12.0 Å². The lowest BCUT2D eigenvalue weighted by Gasteiger charge is -2.25. The maximum absolute atomic E-state index is 12.0. The van der Waals surface area contributed by atoms with Crippen LogP contribution in [0.5, 0.6) is 5.75 Å². The largest absolute Gasteiger partial charge is 0.496 e. The van der Waals surface area contributed by atoms with Crippen molar-refractivity contribution < 1.29 is 19.4 Å². The van der Waals surface area contributed by atoms with Gasteiger partial charge in [0.15, 0.2) is 0 Å². The van der Waals surface area contributed by atoms with Crippen molar-refractivity contribution in [1.29, 1.82) is 0 Å². The first-order chi connectivity index (χ1) is 9.95. The van der Waals surface area contributed by atoms with Crippen LogP contribution in [0.3, 0.4) is 0 Å². The lowest BCUT2D eigenvalue weighted by atomic mass is 10.1. The third-order valence-electron chi connectivity index (χ3n) is 3.05. The van der Waals surface area contributed by atoms with Crippen LogP contribution in [0.15, 0.2) is 24.3 Å². The third kappa shape index (κ3) is 5.33. The van der Waals surface area contributed by atoms with Crippen LogP contribution in [0.25, 0.3) is 0 Å². The molecule has 1 rings (SSSR count). The molecule has 0 aliphatic heterocycles. The molecular weight excluding hydrogens is 272 g/mol. The van der Waals surface area contributed by atoms with Gasteiger partial charge in [-0.2, -0.15) is 0 Å². The highest BCUT2D eigenvalue weighted by atomic mass is 16.5. The van der Waals surface area contributed by atoms with Crippen molar-refractivity contribution in [2.24, 2.45) is 0 Å². The number of carboxylic acids is 1. The Kier molecular flexibility index (Phi) is 6.52. The van der Waals surface area contributed by atoms with Crippen LogP contribution in [0.2, 0.25) is 0 Å². The summed E-state index contributed by atoms with van der Waals surface area (Å²) in [6.07, 6.45) is 0.620. The van der Waals surface area contributed by atoms with Crippen LogP contribution in [0.1, 0.15) is 19.4 Å². The van der Waals surface area contributed by atoms with E-state index in [1.807, 2.05) is 24.3 Å². The number of amides is 2. The molecule has 21 heavy (non-hydrogen) atoms. The van der Waals surface area contributed by atoms with E-state index in [2.05, 4.69) is 5.32 Å². The predicted octanol–water partition coefficient (Wildman–Crippen LogP) is 1.74. The molecule has 0 aliphatic rings. The summed E-state index contributed by atoms with van der Waals surface area (Å²) in [6.45, 7) is 3.67. The molecular formula is C15H22N2O4. The number of hydrogen-bond acceptors (Lipinski definition) is 3. The molecule has 2 N–H and O–H groups in total. The first-order valence-corrected chi connectivity index (χ1v) is 6.83. The summed E-state index contributed by atoms with van der Waals surface area (Å²) in [4.78, 5) is 24.0. The Hall–Kier alpha value is -2.24. The zero-order chi connectivity index (χ0) is 15.8. The summed E-state index contributed by atoms with van der Waals surface area (Å²) in [7, 11) is 1.60. The Balaban J connectivity index is 2.53. The molecule has 1 aromatic rings. The monoisotopic (exact) mass is 294 g/mol. The van der Waals surface area contributed by atoms with Gasteiger partial charge in [0, 0.05) is 12.6 Å². The maximum Gasteiger partial charge on any atom is 0.323 e. The fraction of sp³-hybridized carbons (Fsp3) is 0.467. The van der Waals surface area contributed by atoms with Gasteiger partial charge < -0.3 is 20.1 Å². The lowest BCUT2D eigenvalue weighted by Crippen LogP contribution is -2.46. The predicted molar refractivity (Wildman–Crippen MR) is 79.6 cm³/mol. The number of rotatable bonds is 7. The highest BCUT2D eigenvalue weighted by Gasteiger charge is 2.19. The molecule has 116 valence electrons. The number of ether oxygens (including phenoxy) is 1. The van der Waals surface area contributed by atoms with E-state index in [4.69, 9.17) is 9.84 Å². The summed E-state index contributed by atoms with van der Waals surface area (Å²) >= 11 is 0. The van der Waals surface area contributed by atoms with Crippen molar-refractivity contribution in [3.63, 3.8) is 0 Å². The Morgan fingerprint density at radius 3 is 2.57 bits per heavy atom. The average molecular weight is 294 g/mol. The van der Waals surface area contributed by atoms with Crippen molar-refractivity contribution in [3.05, 3.63) is 29.8 Å². The molecule has 0 atom stereocenters. The van der Waals surface area contributed by atoms with Crippen LogP contribution in [0, 0.1) is 0 Å². The van der Waals surface area contributed by atoms with Crippen molar-refractivity contribution in [2.45, 2.75) is 26.3 Å².